The third-order valence-corrected chi connectivity index (χ3v) is 6.66. The number of aryl methyl sites for hydroxylation is 1. The van der Waals surface area contributed by atoms with E-state index in [-0.39, 0.29) is 10.8 Å². The quantitative estimate of drug-likeness (QED) is 0.746. The van der Waals surface area contributed by atoms with Crippen LogP contribution in [0.15, 0.2) is 40.6 Å². The first-order chi connectivity index (χ1) is 12.2. The van der Waals surface area contributed by atoms with Crippen LogP contribution in [0, 0.1) is 0 Å². The normalized spacial score (nSPS) is 11.6. The minimum Gasteiger partial charge on any atom is -0.376 e. The number of benzene rings is 1. The molecule has 0 radical (unpaired) electrons. The number of anilines is 2. The Kier molecular flexibility index (Phi) is 6.80. The Bertz CT molecular complexity index is 845. The van der Waals surface area contributed by atoms with Crippen molar-refractivity contribution in [2.45, 2.75) is 24.2 Å². The van der Waals surface area contributed by atoms with E-state index < -0.39 is 10.0 Å². The van der Waals surface area contributed by atoms with Gasteiger partial charge in [0.05, 0.1) is 16.3 Å². The Balaban J connectivity index is 2.13. The number of nitrogens with zero attached hydrogens (tertiary/aromatic N) is 2. The Hall–Kier alpha value is -1.90. The van der Waals surface area contributed by atoms with Gasteiger partial charge in [0.25, 0.3) is 0 Å². The van der Waals surface area contributed by atoms with Gasteiger partial charge >= 0.3 is 0 Å². The zero-order valence-electron chi connectivity index (χ0n) is 15.5. The molecule has 8 heteroatoms. The van der Waals surface area contributed by atoms with E-state index in [0.717, 1.165) is 22.8 Å². The lowest BCUT2D eigenvalue weighted by atomic mass is 10.2. The molecule has 0 saturated carbocycles. The highest BCUT2D eigenvalue weighted by Crippen LogP contribution is 2.29. The summed E-state index contributed by atoms with van der Waals surface area (Å²) in [5.41, 5.74) is 1.26. The van der Waals surface area contributed by atoms with Crippen molar-refractivity contribution in [3.05, 3.63) is 40.6 Å². The summed E-state index contributed by atoms with van der Waals surface area (Å²) in [5, 5.41) is 4.89. The summed E-state index contributed by atoms with van der Waals surface area (Å²) in [6.07, 6.45) is 2.00. The van der Waals surface area contributed by atoms with Crippen molar-refractivity contribution in [1.29, 1.82) is 0 Å². The Labute approximate surface area is 159 Å². The molecule has 0 fully saturated rings. The van der Waals surface area contributed by atoms with E-state index in [1.165, 1.54) is 25.0 Å². The summed E-state index contributed by atoms with van der Waals surface area (Å²) in [5.74, 6) is -0.121. The summed E-state index contributed by atoms with van der Waals surface area (Å²) in [7, 11) is 3.11. The Morgan fingerprint density at radius 1 is 1.15 bits per heavy atom. The van der Waals surface area contributed by atoms with Crippen molar-refractivity contribution < 1.29 is 13.2 Å². The molecule has 0 aliphatic carbocycles. The Morgan fingerprint density at radius 2 is 1.88 bits per heavy atom. The molecular formula is C18H25N3O3S2. The summed E-state index contributed by atoms with van der Waals surface area (Å²) in [6.45, 7) is 0. The molecule has 0 unspecified atom stereocenters. The van der Waals surface area contributed by atoms with Crippen molar-refractivity contribution in [2.75, 3.05) is 38.4 Å². The summed E-state index contributed by atoms with van der Waals surface area (Å²) < 4.78 is 25.9. The van der Waals surface area contributed by atoms with Crippen LogP contribution in [0.5, 0.6) is 0 Å². The van der Waals surface area contributed by atoms with E-state index in [4.69, 9.17) is 0 Å². The van der Waals surface area contributed by atoms with Crippen LogP contribution < -0.4 is 10.2 Å². The first-order valence-corrected chi connectivity index (χ1v) is 10.6. The van der Waals surface area contributed by atoms with Crippen molar-refractivity contribution in [2.24, 2.45) is 0 Å². The molecule has 0 atom stereocenters. The molecule has 2 rings (SSSR count). The number of nitrogens with one attached hydrogen (secondary N) is 1. The molecule has 0 spiro atoms. The van der Waals surface area contributed by atoms with E-state index in [1.54, 1.807) is 23.5 Å². The number of amides is 1. The third kappa shape index (κ3) is 5.06. The molecule has 0 aliphatic heterocycles. The fourth-order valence-corrected chi connectivity index (χ4v) is 4.15. The van der Waals surface area contributed by atoms with Gasteiger partial charge in [-0.05, 0) is 42.5 Å². The van der Waals surface area contributed by atoms with E-state index in [9.17, 15) is 13.2 Å². The smallest absolute Gasteiger partial charge is 0.242 e. The average Bonchev–Trinajstić information content (AvgIpc) is 3.07. The summed E-state index contributed by atoms with van der Waals surface area (Å²) >= 11 is 1.68. The lowest BCUT2D eigenvalue weighted by Gasteiger charge is -2.20. The summed E-state index contributed by atoms with van der Waals surface area (Å²) in [4.78, 5) is 15.6. The second-order valence-electron chi connectivity index (χ2n) is 6.34. The van der Waals surface area contributed by atoms with Gasteiger partial charge in [0, 0.05) is 39.5 Å². The predicted molar refractivity (Wildman–Crippen MR) is 108 cm³/mol. The first kappa shape index (κ1) is 20.4. The lowest BCUT2D eigenvalue weighted by molar-refractivity contribution is -0.116. The Morgan fingerprint density at radius 3 is 2.46 bits per heavy atom. The minimum absolute atomic E-state index is 0.121. The highest BCUT2D eigenvalue weighted by molar-refractivity contribution is 7.89. The number of hydrogen-bond donors (Lipinski definition) is 1. The molecule has 0 bridgehead atoms. The SMILES string of the molecule is CN(C)c1ccc(S(=O)(=O)N(C)C)cc1NC(=O)CCCc1cccs1. The molecule has 1 aromatic carbocycles. The topological polar surface area (TPSA) is 69.7 Å². The highest BCUT2D eigenvalue weighted by Gasteiger charge is 2.20. The predicted octanol–water partition coefficient (Wildman–Crippen LogP) is 3.03. The van der Waals surface area contributed by atoms with Crippen molar-refractivity contribution in [3.63, 3.8) is 0 Å². The maximum atomic E-state index is 12.4. The molecule has 142 valence electrons. The maximum Gasteiger partial charge on any atom is 0.242 e. The maximum absolute atomic E-state index is 12.4. The zero-order valence-corrected chi connectivity index (χ0v) is 17.2. The van der Waals surface area contributed by atoms with E-state index in [0.29, 0.717) is 12.1 Å². The van der Waals surface area contributed by atoms with Crippen LogP contribution in [0.25, 0.3) is 0 Å². The van der Waals surface area contributed by atoms with Gasteiger partial charge in [-0.15, -0.1) is 11.3 Å². The molecule has 0 saturated heterocycles. The molecule has 0 aliphatic rings. The fraction of sp³-hybridized carbons (Fsp3) is 0.389. The molecule has 1 amide bonds. The molecule has 26 heavy (non-hydrogen) atoms. The number of carbonyl (C=O) groups is 1. The molecule has 1 aromatic heterocycles. The van der Waals surface area contributed by atoms with Gasteiger partial charge in [0.2, 0.25) is 15.9 Å². The average molecular weight is 396 g/mol. The number of rotatable bonds is 8. The van der Waals surface area contributed by atoms with Crippen molar-refractivity contribution in [3.8, 4) is 0 Å². The van der Waals surface area contributed by atoms with Crippen LogP contribution in [0.3, 0.4) is 0 Å². The minimum atomic E-state index is -3.56. The van der Waals surface area contributed by atoms with E-state index >= 15 is 0 Å². The molecule has 2 aromatic rings. The van der Waals surface area contributed by atoms with E-state index in [1.807, 2.05) is 30.4 Å². The first-order valence-electron chi connectivity index (χ1n) is 8.28. The van der Waals surface area contributed by atoms with Crippen molar-refractivity contribution >= 4 is 38.6 Å². The fourth-order valence-electron chi connectivity index (χ4n) is 2.47. The van der Waals surface area contributed by atoms with Crippen LogP contribution in [0.2, 0.25) is 0 Å². The molecule has 6 nitrogen and oxygen atoms in total. The van der Waals surface area contributed by atoms with Crippen LogP contribution in [-0.4, -0.2) is 46.8 Å². The third-order valence-electron chi connectivity index (χ3n) is 3.91. The van der Waals surface area contributed by atoms with E-state index in [2.05, 4.69) is 11.4 Å². The van der Waals surface area contributed by atoms with Gasteiger partial charge < -0.3 is 10.2 Å². The monoisotopic (exact) mass is 395 g/mol. The number of hydrogen-bond acceptors (Lipinski definition) is 5. The summed E-state index contributed by atoms with van der Waals surface area (Å²) in [6, 6.07) is 8.83. The number of sulfonamides is 1. The highest BCUT2D eigenvalue weighted by atomic mass is 32.2. The zero-order chi connectivity index (χ0) is 19.3. The number of carbonyl (C=O) groups excluding carboxylic acids is 1. The van der Waals surface area contributed by atoms with Gasteiger partial charge in [-0.25, -0.2) is 12.7 Å². The van der Waals surface area contributed by atoms with Crippen LogP contribution in [-0.2, 0) is 21.2 Å². The van der Waals surface area contributed by atoms with Gasteiger partial charge in [0.15, 0.2) is 0 Å². The lowest BCUT2D eigenvalue weighted by Crippen LogP contribution is -2.23. The van der Waals surface area contributed by atoms with Gasteiger partial charge in [-0.1, -0.05) is 6.07 Å². The molecular weight excluding hydrogens is 370 g/mol. The van der Waals surface area contributed by atoms with Gasteiger partial charge in [0.1, 0.15) is 0 Å². The molecule has 1 N–H and O–H groups in total. The standard InChI is InChI=1S/C18H25N3O3S2/c1-20(2)17-11-10-15(26(23,24)21(3)4)13-16(17)19-18(22)9-5-7-14-8-6-12-25-14/h6,8,10-13H,5,7,9H2,1-4H3,(H,19,22). The second-order valence-corrected chi connectivity index (χ2v) is 9.53. The van der Waals surface area contributed by atoms with Crippen LogP contribution in [0.4, 0.5) is 11.4 Å². The van der Waals surface area contributed by atoms with Crippen molar-refractivity contribution in [1.82, 2.24) is 4.31 Å². The molecule has 1 heterocycles. The van der Waals surface area contributed by atoms with Gasteiger partial charge in [-0.3, -0.25) is 4.79 Å². The number of thiophene rings is 1. The van der Waals surface area contributed by atoms with Gasteiger partial charge in [-0.2, -0.15) is 0 Å². The largest absolute Gasteiger partial charge is 0.376 e. The second kappa shape index (κ2) is 8.66. The van der Waals surface area contributed by atoms with Crippen LogP contribution in [0.1, 0.15) is 17.7 Å². The van der Waals surface area contributed by atoms with Crippen LogP contribution >= 0.6 is 11.3 Å².